The molecule has 0 saturated carbocycles. The van der Waals surface area contributed by atoms with Crippen LogP contribution in [0.5, 0.6) is 0 Å². The summed E-state index contributed by atoms with van der Waals surface area (Å²) in [7, 11) is -3.63. The molecule has 0 amide bonds. The number of halogens is 1. The Hall–Kier alpha value is -0.480. The van der Waals surface area contributed by atoms with Gasteiger partial charge in [-0.15, -0.1) is 11.3 Å². The Balaban J connectivity index is 2.54. The molecule has 3 N–H and O–H groups in total. The third-order valence-corrected chi connectivity index (χ3v) is 5.38. The minimum Gasteiger partial charge on any atom is -0.479 e. The molecule has 1 rings (SSSR count). The van der Waals surface area contributed by atoms with E-state index in [4.69, 9.17) is 10.2 Å². The SMILES string of the molecule is O=C(O)[C@@H](O)CCNS(=O)(=O)c1ccc(Br)s1. The van der Waals surface area contributed by atoms with Crippen LogP contribution in [0.2, 0.25) is 0 Å². The van der Waals surface area contributed by atoms with E-state index in [2.05, 4.69) is 20.7 Å². The summed E-state index contributed by atoms with van der Waals surface area (Å²) in [5, 5.41) is 17.4. The fourth-order valence-corrected chi connectivity index (χ4v) is 4.07. The van der Waals surface area contributed by atoms with Crippen LogP contribution in [0.25, 0.3) is 0 Å². The lowest BCUT2D eigenvalue weighted by Crippen LogP contribution is -2.29. The van der Waals surface area contributed by atoms with E-state index in [-0.39, 0.29) is 17.2 Å². The molecular formula is C8H10BrNO5S2. The molecule has 0 spiro atoms. The molecule has 0 aliphatic heterocycles. The average Bonchev–Trinajstić information content (AvgIpc) is 2.65. The molecule has 0 aromatic carbocycles. The van der Waals surface area contributed by atoms with Gasteiger partial charge in [0.1, 0.15) is 4.21 Å². The summed E-state index contributed by atoms with van der Waals surface area (Å²) in [6, 6.07) is 3.04. The van der Waals surface area contributed by atoms with Crippen LogP contribution >= 0.6 is 27.3 Å². The maximum Gasteiger partial charge on any atom is 0.332 e. The van der Waals surface area contributed by atoms with Crippen LogP contribution in [-0.4, -0.2) is 37.2 Å². The quantitative estimate of drug-likeness (QED) is 0.702. The van der Waals surface area contributed by atoms with Crippen molar-refractivity contribution in [1.82, 2.24) is 4.72 Å². The Morgan fingerprint density at radius 3 is 2.65 bits per heavy atom. The molecule has 0 aliphatic carbocycles. The van der Waals surface area contributed by atoms with Crippen molar-refractivity contribution in [3.63, 3.8) is 0 Å². The first kappa shape index (κ1) is 14.6. The van der Waals surface area contributed by atoms with Gasteiger partial charge in [-0.3, -0.25) is 0 Å². The molecule has 0 fully saturated rings. The molecule has 1 atom stereocenters. The van der Waals surface area contributed by atoms with E-state index in [9.17, 15) is 13.2 Å². The van der Waals surface area contributed by atoms with Crippen molar-refractivity contribution in [3.8, 4) is 0 Å². The highest BCUT2D eigenvalue weighted by Gasteiger charge is 2.18. The first-order valence-electron chi connectivity index (χ1n) is 4.49. The Labute approximate surface area is 110 Å². The van der Waals surface area contributed by atoms with Gasteiger partial charge >= 0.3 is 5.97 Å². The molecule has 1 aromatic rings. The number of carboxylic acids is 1. The van der Waals surface area contributed by atoms with Gasteiger partial charge in [-0.2, -0.15) is 0 Å². The zero-order valence-corrected chi connectivity index (χ0v) is 11.7. The maximum atomic E-state index is 11.6. The minimum absolute atomic E-state index is 0.134. The maximum absolute atomic E-state index is 11.6. The largest absolute Gasteiger partial charge is 0.479 e. The predicted molar refractivity (Wildman–Crippen MR) is 65.5 cm³/mol. The fraction of sp³-hybridized carbons (Fsp3) is 0.375. The van der Waals surface area contributed by atoms with Crippen molar-refractivity contribution in [1.29, 1.82) is 0 Å². The summed E-state index contributed by atoms with van der Waals surface area (Å²) >= 11 is 4.19. The van der Waals surface area contributed by atoms with E-state index in [1.165, 1.54) is 6.07 Å². The second kappa shape index (κ2) is 5.91. The lowest BCUT2D eigenvalue weighted by atomic mass is 10.3. The van der Waals surface area contributed by atoms with Crippen LogP contribution in [0.4, 0.5) is 0 Å². The van der Waals surface area contributed by atoms with Gasteiger partial charge in [0.25, 0.3) is 0 Å². The van der Waals surface area contributed by atoms with Crippen LogP contribution in [0.1, 0.15) is 6.42 Å². The number of aliphatic hydroxyl groups is 1. The number of carboxylic acid groups (broad SMARTS) is 1. The van der Waals surface area contributed by atoms with Gasteiger partial charge in [0.2, 0.25) is 10.0 Å². The Bertz CT molecular complexity index is 498. The zero-order chi connectivity index (χ0) is 13.1. The van der Waals surface area contributed by atoms with Gasteiger partial charge in [-0.05, 0) is 34.5 Å². The Kier molecular flexibility index (Phi) is 5.07. The summed E-state index contributed by atoms with van der Waals surface area (Å²) in [4.78, 5) is 10.3. The number of carbonyl (C=O) groups is 1. The number of thiophene rings is 1. The van der Waals surface area contributed by atoms with Crippen molar-refractivity contribution in [3.05, 3.63) is 15.9 Å². The molecule has 0 aliphatic rings. The number of aliphatic carboxylic acids is 1. The average molecular weight is 344 g/mol. The fourth-order valence-electron chi connectivity index (χ4n) is 0.967. The van der Waals surface area contributed by atoms with E-state index in [0.29, 0.717) is 3.79 Å². The lowest BCUT2D eigenvalue weighted by molar-refractivity contribution is -0.146. The molecule has 0 unspecified atom stereocenters. The molecular weight excluding hydrogens is 334 g/mol. The summed E-state index contributed by atoms with van der Waals surface area (Å²) in [5.41, 5.74) is 0. The summed E-state index contributed by atoms with van der Waals surface area (Å²) in [5.74, 6) is -1.37. The molecule has 9 heteroatoms. The predicted octanol–water partition coefficient (Wildman–Crippen LogP) is 0.625. The number of sulfonamides is 1. The monoisotopic (exact) mass is 343 g/mol. The van der Waals surface area contributed by atoms with E-state index >= 15 is 0 Å². The smallest absolute Gasteiger partial charge is 0.332 e. The van der Waals surface area contributed by atoms with E-state index in [0.717, 1.165) is 11.3 Å². The van der Waals surface area contributed by atoms with Gasteiger partial charge in [-0.1, -0.05) is 0 Å². The van der Waals surface area contributed by atoms with E-state index in [1.54, 1.807) is 6.07 Å². The van der Waals surface area contributed by atoms with Gasteiger partial charge in [0, 0.05) is 6.54 Å². The summed E-state index contributed by atoms with van der Waals surface area (Å²) < 4.78 is 26.3. The second-order valence-corrected chi connectivity index (χ2v) is 7.56. The third kappa shape index (κ3) is 4.36. The minimum atomic E-state index is -3.63. The molecule has 0 radical (unpaired) electrons. The summed E-state index contributed by atoms with van der Waals surface area (Å²) in [6.45, 7) is -0.134. The normalized spacial score (nSPS) is 13.5. The van der Waals surface area contributed by atoms with Crippen molar-refractivity contribution in [2.75, 3.05) is 6.54 Å². The van der Waals surface area contributed by atoms with Crippen molar-refractivity contribution >= 4 is 43.3 Å². The van der Waals surface area contributed by atoms with Gasteiger partial charge in [0.05, 0.1) is 3.79 Å². The third-order valence-electron chi connectivity index (χ3n) is 1.81. The molecule has 6 nitrogen and oxygen atoms in total. The van der Waals surface area contributed by atoms with Gasteiger partial charge in [-0.25, -0.2) is 17.9 Å². The molecule has 17 heavy (non-hydrogen) atoms. The second-order valence-electron chi connectivity index (χ2n) is 3.10. The van der Waals surface area contributed by atoms with Gasteiger partial charge in [0.15, 0.2) is 6.10 Å². The zero-order valence-electron chi connectivity index (χ0n) is 8.46. The van der Waals surface area contributed by atoms with Crippen molar-refractivity contribution in [2.45, 2.75) is 16.7 Å². The Morgan fingerprint density at radius 1 is 1.53 bits per heavy atom. The van der Waals surface area contributed by atoms with Gasteiger partial charge < -0.3 is 10.2 Å². The van der Waals surface area contributed by atoms with E-state index in [1.807, 2.05) is 0 Å². The van der Waals surface area contributed by atoms with Crippen LogP contribution < -0.4 is 4.72 Å². The number of rotatable bonds is 6. The highest BCUT2D eigenvalue weighted by Crippen LogP contribution is 2.25. The highest BCUT2D eigenvalue weighted by molar-refractivity contribution is 9.11. The number of hydrogen-bond donors (Lipinski definition) is 3. The Morgan fingerprint density at radius 2 is 2.18 bits per heavy atom. The lowest BCUT2D eigenvalue weighted by Gasteiger charge is -2.06. The summed E-state index contributed by atoms with van der Waals surface area (Å²) in [6.07, 6.45) is -1.74. The van der Waals surface area contributed by atoms with Crippen LogP contribution in [-0.2, 0) is 14.8 Å². The first-order valence-corrected chi connectivity index (χ1v) is 7.58. The molecule has 0 saturated heterocycles. The van der Waals surface area contributed by atoms with Crippen molar-refractivity contribution < 1.29 is 23.4 Å². The number of nitrogens with one attached hydrogen (secondary N) is 1. The number of hydrogen-bond acceptors (Lipinski definition) is 5. The number of aliphatic hydroxyl groups excluding tert-OH is 1. The molecule has 1 aromatic heterocycles. The van der Waals surface area contributed by atoms with Crippen LogP contribution in [0, 0.1) is 0 Å². The van der Waals surface area contributed by atoms with Crippen LogP contribution in [0.3, 0.4) is 0 Å². The molecule has 96 valence electrons. The topological polar surface area (TPSA) is 104 Å². The standard InChI is InChI=1S/C8H10BrNO5S2/c9-6-1-2-7(16-6)17(14,15)10-4-3-5(11)8(12)13/h1-2,5,10-11H,3-4H2,(H,12,13)/t5-/m0/s1. The highest BCUT2D eigenvalue weighted by atomic mass is 79.9. The van der Waals surface area contributed by atoms with E-state index < -0.39 is 22.1 Å². The van der Waals surface area contributed by atoms with Crippen molar-refractivity contribution in [2.24, 2.45) is 0 Å². The molecule has 1 heterocycles. The molecule has 0 bridgehead atoms. The first-order chi connectivity index (χ1) is 7.83. The van der Waals surface area contributed by atoms with Crippen LogP contribution in [0.15, 0.2) is 20.1 Å².